The number of benzene rings is 3. The van der Waals surface area contributed by atoms with Crippen LogP contribution in [0.25, 0.3) is 33.7 Å². The lowest BCUT2D eigenvalue weighted by Crippen LogP contribution is -1.92. The van der Waals surface area contributed by atoms with E-state index in [0.717, 1.165) is 39.3 Å². The molecule has 0 bridgehead atoms. The maximum atomic E-state index is 6.05. The second-order valence-corrected chi connectivity index (χ2v) is 6.65. The van der Waals surface area contributed by atoms with Gasteiger partial charge in [-0.1, -0.05) is 29.3 Å². The monoisotopic (exact) mass is 343 g/mol. The summed E-state index contributed by atoms with van der Waals surface area (Å²) < 4.78 is 16.9. The minimum Gasteiger partial charge on any atom is -0.454 e. The molecule has 1 aliphatic rings. The Bertz CT molecular complexity index is 1120. The molecule has 0 atom stereocenters. The van der Waals surface area contributed by atoms with Gasteiger partial charge in [0.25, 0.3) is 0 Å². The highest BCUT2D eigenvalue weighted by molar-refractivity contribution is 5.83. The van der Waals surface area contributed by atoms with Gasteiger partial charge in [0.15, 0.2) is 17.1 Å². The van der Waals surface area contributed by atoms with E-state index in [4.69, 9.17) is 13.9 Å². The normalized spacial score (nSPS) is 12.7. The zero-order chi connectivity index (χ0) is 17.7. The van der Waals surface area contributed by atoms with E-state index in [2.05, 4.69) is 37.0 Å². The summed E-state index contributed by atoms with van der Waals surface area (Å²) in [5.41, 5.74) is 7.13. The van der Waals surface area contributed by atoms with Crippen LogP contribution in [0, 0.1) is 13.8 Å². The van der Waals surface area contributed by atoms with Gasteiger partial charge in [-0.2, -0.15) is 0 Å². The fraction of sp³-hybridized carbons (Fsp3) is 0.136. The third-order valence-electron chi connectivity index (χ3n) is 4.56. The number of nitrogens with zero attached hydrogens (tertiary/aromatic N) is 1. The molecule has 0 radical (unpaired) electrons. The Morgan fingerprint density at radius 2 is 1.46 bits per heavy atom. The van der Waals surface area contributed by atoms with E-state index in [0.29, 0.717) is 5.89 Å². The van der Waals surface area contributed by atoms with Crippen LogP contribution < -0.4 is 9.47 Å². The van der Waals surface area contributed by atoms with Gasteiger partial charge in [-0.25, -0.2) is 4.98 Å². The molecule has 0 amide bonds. The minimum atomic E-state index is 0.277. The molecular weight excluding hydrogens is 326 g/mol. The lowest BCUT2D eigenvalue weighted by Gasteiger charge is -2.03. The van der Waals surface area contributed by atoms with Gasteiger partial charge >= 0.3 is 0 Å². The molecule has 0 saturated carbocycles. The molecule has 0 fully saturated rings. The molecule has 0 N–H and O–H groups in total. The number of ether oxygens (including phenoxy) is 2. The van der Waals surface area contributed by atoms with Crippen LogP contribution in [-0.4, -0.2) is 11.8 Å². The van der Waals surface area contributed by atoms with E-state index >= 15 is 0 Å². The summed E-state index contributed by atoms with van der Waals surface area (Å²) >= 11 is 0. The van der Waals surface area contributed by atoms with Gasteiger partial charge in [-0.05, 0) is 61.4 Å². The highest BCUT2D eigenvalue weighted by Gasteiger charge is 2.15. The van der Waals surface area contributed by atoms with Crippen molar-refractivity contribution in [3.8, 4) is 34.1 Å². The zero-order valence-corrected chi connectivity index (χ0v) is 14.6. The molecule has 128 valence electrons. The Morgan fingerprint density at radius 1 is 0.731 bits per heavy atom. The predicted molar refractivity (Wildman–Crippen MR) is 100 cm³/mol. The molecule has 1 aliphatic heterocycles. The van der Waals surface area contributed by atoms with Gasteiger partial charge < -0.3 is 13.9 Å². The third kappa shape index (κ3) is 2.51. The number of fused-ring (bicyclic) bond motifs is 2. The molecule has 4 aromatic rings. The average molecular weight is 343 g/mol. The molecule has 26 heavy (non-hydrogen) atoms. The van der Waals surface area contributed by atoms with E-state index in [9.17, 15) is 0 Å². The lowest BCUT2D eigenvalue weighted by molar-refractivity contribution is 0.174. The molecule has 5 rings (SSSR count). The molecule has 4 heteroatoms. The first-order chi connectivity index (χ1) is 12.7. The molecule has 3 aromatic carbocycles. The van der Waals surface area contributed by atoms with E-state index in [-0.39, 0.29) is 6.79 Å². The van der Waals surface area contributed by atoms with E-state index in [1.807, 2.05) is 36.4 Å². The number of aryl methyl sites for hydroxylation is 2. The maximum absolute atomic E-state index is 6.05. The maximum Gasteiger partial charge on any atom is 0.231 e. The van der Waals surface area contributed by atoms with Crippen molar-refractivity contribution in [2.24, 2.45) is 0 Å². The topological polar surface area (TPSA) is 44.5 Å². The van der Waals surface area contributed by atoms with Crippen LogP contribution in [0.4, 0.5) is 0 Å². The standard InChI is InChI=1S/C22H17NO3/c1-13-7-14(2)9-17(8-13)22-23-18-5-3-15(10-20(18)26-22)16-4-6-19-21(11-16)25-12-24-19/h3-11H,12H2,1-2H3. The fourth-order valence-electron chi connectivity index (χ4n) is 3.40. The predicted octanol–water partition coefficient (Wildman–Crippen LogP) is 5.51. The smallest absolute Gasteiger partial charge is 0.231 e. The zero-order valence-electron chi connectivity index (χ0n) is 14.6. The first-order valence-electron chi connectivity index (χ1n) is 8.55. The molecule has 4 nitrogen and oxygen atoms in total. The molecule has 0 unspecified atom stereocenters. The highest BCUT2D eigenvalue weighted by atomic mass is 16.7. The van der Waals surface area contributed by atoms with Crippen LogP contribution in [0.3, 0.4) is 0 Å². The molecule has 0 saturated heterocycles. The van der Waals surface area contributed by atoms with Crippen molar-refractivity contribution in [3.63, 3.8) is 0 Å². The summed E-state index contributed by atoms with van der Waals surface area (Å²) in [4.78, 5) is 4.65. The summed E-state index contributed by atoms with van der Waals surface area (Å²) in [5, 5.41) is 0. The third-order valence-corrected chi connectivity index (χ3v) is 4.56. The Morgan fingerprint density at radius 3 is 2.31 bits per heavy atom. The molecule has 1 aromatic heterocycles. The van der Waals surface area contributed by atoms with Gasteiger partial charge in [-0.3, -0.25) is 0 Å². The second-order valence-electron chi connectivity index (χ2n) is 6.65. The summed E-state index contributed by atoms with van der Waals surface area (Å²) in [6.07, 6.45) is 0. The van der Waals surface area contributed by atoms with Gasteiger partial charge in [-0.15, -0.1) is 0 Å². The van der Waals surface area contributed by atoms with Crippen LogP contribution in [0.15, 0.2) is 59.0 Å². The Balaban J connectivity index is 1.58. The van der Waals surface area contributed by atoms with Gasteiger partial charge in [0, 0.05) is 5.56 Å². The van der Waals surface area contributed by atoms with Crippen molar-refractivity contribution in [1.29, 1.82) is 0 Å². The van der Waals surface area contributed by atoms with E-state index in [1.165, 1.54) is 11.1 Å². The number of hydrogen-bond acceptors (Lipinski definition) is 4. The van der Waals surface area contributed by atoms with Crippen molar-refractivity contribution in [1.82, 2.24) is 4.98 Å². The quantitative estimate of drug-likeness (QED) is 0.481. The summed E-state index contributed by atoms with van der Waals surface area (Å²) in [5.74, 6) is 2.21. The van der Waals surface area contributed by atoms with E-state index < -0.39 is 0 Å². The second kappa shape index (κ2) is 5.63. The molecule has 2 heterocycles. The average Bonchev–Trinajstić information content (AvgIpc) is 3.26. The number of oxazole rings is 1. The van der Waals surface area contributed by atoms with Crippen LogP contribution >= 0.6 is 0 Å². The molecule has 0 aliphatic carbocycles. The van der Waals surface area contributed by atoms with Crippen LogP contribution in [0.1, 0.15) is 11.1 Å². The Hall–Kier alpha value is -3.27. The van der Waals surface area contributed by atoms with Crippen LogP contribution in [0.2, 0.25) is 0 Å². The van der Waals surface area contributed by atoms with Crippen molar-refractivity contribution in [2.45, 2.75) is 13.8 Å². The lowest BCUT2D eigenvalue weighted by atomic mass is 10.0. The molecular formula is C22H17NO3. The highest BCUT2D eigenvalue weighted by Crippen LogP contribution is 2.37. The number of hydrogen-bond donors (Lipinski definition) is 0. The summed E-state index contributed by atoms with van der Waals surface area (Å²) in [7, 11) is 0. The molecule has 0 spiro atoms. The summed E-state index contributed by atoms with van der Waals surface area (Å²) in [6.45, 7) is 4.44. The number of rotatable bonds is 2. The minimum absolute atomic E-state index is 0.277. The van der Waals surface area contributed by atoms with E-state index in [1.54, 1.807) is 0 Å². The Labute approximate surface area is 151 Å². The van der Waals surface area contributed by atoms with Gasteiger partial charge in [0.2, 0.25) is 12.7 Å². The van der Waals surface area contributed by atoms with Crippen LogP contribution in [-0.2, 0) is 0 Å². The van der Waals surface area contributed by atoms with Gasteiger partial charge in [0.1, 0.15) is 5.52 Å². The Kier molecular flexibility index (Phi) is 3.25. The summed E-state index contributed by atoms with van der Waals surface area (Å²) in [6, 6.07) is 18.3. The van der Waals surface area contributed by atoms with Crippen molar-refractivity contribution in [3.05, 3.63) is 65.7 Å². The van der Waals surface area contributed by atoms with Crippen molar-refractivity contribution < 1.29 is 13.9 Å². The first-order valence-corrected chi connectivity index (χ1v) is 8.55. The van der Waals surface area contributed by atoms with Crippen molar-refractivity contribution in [2.75, 3.05) is 6.79 Å². The fourth-order valence-corrected chi connectivity index (χ4v) is 3.40. The number of aromatic nitrogens is 1. The first kappa shape index (κ1) is 15.0. The van der Waals surface area contributed by atoms with Crippen molar-refractivity contribution >= 4 is 11.1 Å². The SMILES string of the molecule is Cc1cc(C)cc(-c2nc3ccc(-c4ccc5c(c4)OCO5)cc3o2)c1. The largest absolute Gasteiger partial charge is 0.454 e. The van der Waals surface area contributed by atoms with Crippen LogP contribution in [0.5, 0.6) is 11.5 Å². The van der Waals surface area contributed by atoms with Gasteiger partial charge in [0.05, 0.1) is 0 Å².